The van der Waals surface area contributed by atoms with Gasteiger partial charge in [-0.05, 0) is 25.5 Å². The van der Waals surface area contributed by atoms with Crippen LogP contribution in [0.2, 0.25) is 0 Å². The molecule has 0 aliphatic rings. The lowest BCUT2D eigenvalue weighted by Gasteiger charge is -2.03. The normalized spacial score (nSPS) is 10.8. The van der Waals surface area contributed by atoms with Gasteiger partial charge in [0.2, 0.25) is 0 Å². The van der Waals surface area contributed by atoms with Gasteiger partial charge in [0.1, 0.15) is 5.69 Å². The van der Waals surface area contributed by atoms with Crippen molar-refractivity contribution in [1.29, 1.82) is 0 Å². The van der Waals surface area contributed by atoms with Crippen molar-refractivity contribution in [2.24, 2.45) is 0 Å². The third kappa shape index (κ3) is 2.76. The van der Waals surface area contributed by atoms with E-state index in [9.17, 15) is 4.79 Å². The van der Waals surface area contributed by atoms with E-state index in [0.717, 1.165) is 27.9 Å². The first kappa shape index (κ1) is 13.3. The van der Waals surface area contributed by atoms with E-state index in [1.54, 1.807) is 12.4 Å². The van der Waals surface area contributed by atoms with Crippen molar-refractivity contribution in [2.75, 3.05) is 0 Å². The highest BCUT2D eigenvalue weighted by Crippen LogP contribution is 2.18. The first-order chi connectivity index (χ1) is 10.1. The number of nitrogens with zero attached hydrogens (tertiary/aromatic N) is 2. The topological polar surface area (TPSA) is 70.7 Å². The number of nitrogens with one attached hydrogen (secondary N) is 2. The van der Waals surface area contributed by atoms with Gasteiger partial charge < -0.3 is 10.3 Å². The standard InChI is InChI=1S/C16H16N4O/c1-10-4-3-5-12-6-14(20-15(10)12)16(21)19-9-13-8-17-11(2)7-18-13/h3-8,20H,9H2,1-2H3,(H,19,21). The van der Waals surface area contributed by atoms with Crippen molar-refractivity contribution >= 4 is 16.8 Å². The molecule has 0 radical (unpaired) electrons. The van der Waals surface area contributed by atoms with Crippen LogP contribution in [0.3, 0.4) is 0 Å². The highest BCUT2D eigenvalue weighted by Gasteiger charge is 2.10. The van der Waals surface area contributed by atoms with Crippen molar-refractivity contribution in [3.63, 3.8) is 0 Å². The van der Waals surface area contributed by atoms with Gasteiger partial charge >= 0.3 is 0 Å². The van der Waals surface area contributed by atoms with E-state index in [4.69, 9.17) is 0 Å². The first-order valence-corrected chi connectivity index (χ1v) is 6.77. The fourth-order valence-corrected chi connectivity index (χ4v) is 2.21. The summed E-state index contributed by atoms with van der Waals surface area (Å²) >= 11 is 0. The summed E-state index contributed by atoms with van der Waals surface area (Å²) in [5.41, 5.74) is 4.27. The van der Waals surface area contributed by atoms with Gasteiger partial charge in [-0.3, -0.25) is 14.8 Å². The Morgan fingerprint density at radius 3 is 2.81 bits per heavy atom. The molecule has 2 N–H and O–H groups in total. The van der Waals surface area contributed by atoms with E-state index in [0.29, 0.717) is 12.2 Å². The van der Waals surface area contributed by atoms with Crippen LogP contribution in [0.25, 0.3) is 10.9 Å². The molecule has 0 bridgehead atoms. The zero-order valence-corrected chi connectivity index (χ0v) is 12.0. The molecule has 0 aliphatic heterocycles. The number of benzene rings is 1. The first-order valence-electron chi connectivity index (χ1n) is 6.77. The maximum absolute atomic E-state index is 12.2. The number of carbonyl (C=O) groups excluding carboxylic acids is 1. The molecule has 5 nitrogen and oxygen atoms in total. The van der Waals surface area contributed by atoms with Gasteiger partial charge in [0.15, 0.2) is 0 Å². The summed E-state index contributed by atoms with van der Waals surface area (Å²) in [5.74, 6) is -0.145. The van der Waals surface area contributed by atoms with Gasteiger partial charge in [0.05, 0.1) is 24.1 Å². The summed E-state index contributed by atoms with van der Waals surface area (Å²) in [6, 6.07) is 7.84. The number of carbonyl (C=O) groups is 1. The number of aromatic nitrogens is 3. The Kier molecular flexibility index (Phi) is 3.39. The number of H-pyrrole nitrogens is 1. The van der Waals surface area contributed by atoms with Crippen LogP contribution in [0.5, 0.6) is 0 Å². The Morgan fingerprint density at radius 1 is 1.24 bits per heavy atom. The molecule has 21 heavy (non-hydrogen) atoms. The second-order valence-electron chi connectivity index (χ2n) is 5.05. The second-order valence-corrected chi connectivity index (χ2v) is 5.05. The average molecular weight is 280 g/mol. The number of fused-ring (bicyclic) bond motifs is 1. The minimum absolute atomic E-state index is 0.145. The maximum atomic E-state index is 12.2. The molecule has 0 unspecified atom stereocenters. The summed E-state index contributed by atoms with van der Waals surface area (Å²) < 4.78 is 0. The van der Waals surface area contributed by atoms with Crippen molar-refractivity contribution in [3.8, 4) is 0 Å². The fraction of sp³-hybridized carbons (Fsp3) is 0.188. The summed E-state index contributed by atoms with van der Waals surface area (Å²) in [6.07, 6.45) is 3.36. The molecule has 3 aromatic rings. The zero-order valence-electron chi connectivity index (χ0n) is 12.0. The number of rotatable bonds is 3. The summed E-state index contributed by atoms with van der Waals surface area (Å²) in [5, 5.41) is 3.88. The molecular weight excluding hydrogens is 264 g/mol. The Balaban J connectivity index is 1.75. The zero-order chi connectivity index (χ0) is 14.8. The maximum Gasteiger partial charge on any atom is 0.268 e. The molecule has 0 spiro atoms. The molecule has 3 rings (SSSR count). The molecule has 1 amide bonds. The fourth-order valence-electron chi connectivity index (χ4n) is 2.21. The van der Waals surface area contributed by atoms with Crippen LogP contribution < -0.4 is 5.32 Å². The number of amides is 1. The highest BCUT2D eigenvalue weighted by atomic mass is 16.1. The van der Waals surface area contributed by atoms with Crippen LogP contribution in [0.1, 0.15) is 27.4 Å². The third-order valence-electron chi connectivity index (χ3n) is 3.37. The number of aryl methyl sites for hydroxylation is 2. The number of hydrogen-bond acceptors (Lipinski definition) is 3. The lowest BCUT2D eigenvalue weighted by Crippen LogP contribution is -2.23. The van der Waals surface area contributed by atoms with Crippen LogP contribution in [0.15, 0.2) is 36.7 Å². The van der Waals surface area contributed by atoms with Crippen LogP contribution in [-0.2, 0) is 6.54 Å². The quantitative estimate of drug-likeness (QED) is 0.774. The van der Waals surface area contributed by atoms with E-state index < -0.39 is 0 Å². The molecule has 1 aromatic carbocycles. The van der Waals surface area contributed by atoms with E-state index in [1.807, 2.05) is 38.1 Å². The Morgan fingerprint density at radius 2 is 2.10 bits per heavy atom. The van der Waals surface area contributed by atoms with Crippen LogP contribution in [0, 0.1) is 13.8 Å². The van der Waals surface area contributed by atoms with Gasteiger partial charge in [-0.2, -0.15) is 0 Å². The van der Waals surface area contributed by atoms with Crippen LogP contribution in [0.4, 0.5) is 0 Å². The predicted octanol–water partition coefficient (Wildman–Crippen LogP) is 2.50. The molecule has 0 aliphatic carbocycles. The molecule has 2 heterocycles. The largest absolute Gasteiger partial charge is 0.350 e. The Hall–Kier alpha value is -2.69. The summed E-state index contributed by atoms with van der Waals surface area (Å²) in [7, 11) is 0. The SMILES string of the molecule is Cc1cnc(CNC(=O)c2cc3cccc(C)c3[nH]2)cn1. The van der Waals surface area contributed by atoms with E-state index in [2.05, 4.69) is 20.3 Å². The molecular formula is C16H16N4O. The lowest BCUT2D eigenvalue weighted by molar-refractivity contribution is 0.0946. The molecule has 2 aromatic heterocycles. The molecule has 0 saturated heterocycles. The van der Waals surface area contributed by atoms with E-state index in [-0.39, 0.29) is 5.91 Å². The number of hydrogen-bond donors (Lipinski definition) is 2. The third-order valence-corrected chi connectivity index (χ3v) is 3.37. The average Bonchev–Trinajstić information content (AvgIpc) is 2.92. The van der Waals surface area contributed by atoms with Crippen molar-refractivity contribution in [2.45, 2.75) is 20.4 Å². The number of aromatic amines is 1. The van der Waals surface area contributed by atoms with E-state index >= 15 is 0 Å². The minimum atomic E-state index is -0.145. The summed E-state index contributed by atoms with van der Waals surface area (Å²) in [4.78, 5) is 23.7. The minimum Gasteiger partial charge on any atom is -0.350 e. The number of para-hydroxylation sites is 1. The molecule has 106 valence electrons. The molecule has 0 saturated carbocycles. The van der Waals surface area contributed by atoms with E-state index in [1.165, 1.54) is 0 Å². The molecule has 0 atom stereocenters. The van der Waals surface area contributed by atoms with Gasteiger partial charge in [0.25, 0.3) is 5.91 Å². The summed E-state index contributed by atoms with van der Waals surface area (Å²) in [6.45, 7) is 4.26. The Bertz CT molecular complexity index is 790. The van der Waals surface area contributed by atoms with Crippen molar-refractivity contribution in [1.82, 2.24) is 20.3 Å². The van der Waals surface area contributed by atoms with Gasteiger partial charge in [0, 0.05) is 17.1 Å². The van der Waals surface area contributed by atoms with Gasteiger partial charge in [-0.15, -0.1) is 0 Å². The smallest absolute Gasteiger partial charge is 0.268 e. The second kappa shape index (κ2) is 5.36. The van der Waals surface area contributed by atoms with Crippen molar-refractivity contribution < 1.29 is 4.79 Å². The monoisotopic (exact) mass is 280 g/mol. The molecule has 5 heteroatoms. The van der Waals surface area contributed by atoms with Crippen molar-refractivity contribution in [3.05, 3.63) is 59.3 Å². The van der Waals surface area contributed by atoms with Crippen LogP contribution in [-0.4, -0.2) is 20.9 Å². The lowest BCUT2D eigenvalue weighted by atomic mass is 10.2. The van der Waals surface area contributed by atoms with Crippen LogP contribution >= 0.6 is 0 Å². The van der Waals surface area contributed by atoms with Gasteiger partial charge in [-0.1, -0.05) is 18.2 Å². The highest BCUT2D eigenvalue weighted by molar-refractivity contribution is 5.98. The molecule has 0 fully saturated rings. The Labute approximate surface area is 122 Å². The predicted molar refractivity (Wildman–Crippen MR) is 81.0 cm³/mol. The van der Waals surface area contributed by atoms with Gasteiger partial charge in [-0.25, -0.2) is 0 Å².